The summed E-state index contributed by atoms with van der Waals surface area (Å²) < 4.78 is 1.58. The normalized spacial score (nSPS) is 12.9. The van der Waals surface area contributed by atoms with Gasteiger partial charge in [-0.3, -0.25) is 14.8 Å². The summed E-state index contributed by atoms with van der Waals surface area (Å²) in [4.78, 5) is 10.1. The van der Waals surface area contributed by atoms with E-state index in [1.807, 2.05) is 0 Å². The maximum Gasteiger partial charge on any atom is 0.270 e. The maximum atomic E-state index is 10.6. The summed E-state index contributed by atoms with van der Waals surface area (Å²) in [6, 6.07) is 4.49. The van der Waals surface area contributed by atoms with Gasteiger partial charge in [0.15, 0.2) is 0 Å². The summed E-state index contributed by atoms with van der Waals surface area (Å²) in [6.45, 7) is 2.04. The van der Waals surface area contributed by atoms with Crippen molar-refractivity contribution < 1.29 is 10.0 Å². The van der Waals surface area contributed by atoms with Gasteiger partial charge in [0.25, 0.3) is 5.69 Å². The molecule has 0 fully saturated rings. The molecule has 0 radical (unpaired) electrons. The Morgan fingerprint density at radius 1 is 1.62 bits per heavy atom. The number of aliphatic hydroxyl groups excluding tert-OH is 1. The summed E-state index contributed by atoms with van der Waals surface area (Å²) in [5, 5.41) is 24.7. The number of rotatable bonds is 3. The van der Waals surface area contributed by atoms with E-state index in [4.69, 9.17) is 0 Å². The molecule has 2 rings (SSSR count). The molecule has 1 atom stereocenters. The number of aromatic nitrogens is 2. The molecule has 0 aliphatic rings. The zero-order valence-corrected chi connectivity index (χ0v) is 8.70. The van der Waals surface area contributed by atoms with E-state index < -0.39 is 11.0 Å². The number of benzene rings is 1. The van der Waals surface area contributed by atoms with Gasteiger partial charge in [-0.15, -0.1) is 0 Å². The van der Waals surface area contributed by atoms with E-state index in [2.05, 4.69) is 5.10 Å². The van der Waals surface area contributed by atoms with E-state index in [9.17, 15) is 15.2 Å². The maximum absolute atomic E-state index is 10.6. The standard InChI is InChI=1S/C10H11N3O3/c1-7(14)5-12-6-8-4-9(13(15)16)2-3-10(8)11-12/h2-4,6-7,14H,5H2,1H3/t7-/m0/s1. The zero-order valence-electron chi connectivity index (χ0n) is 8.70. The van der Waals surface area contributed by atoms with Crippen LogP contribution < -0.4 is 0 Å². The molecule has 0 unspecified atom stereocenters. The smallest absolute Gasteiger partial charge is 0.270 e. The second-order valence-corrected chi connectivity index (χ2v) is 3.70. The fourth-order valence-electron chi connectivity index (χ4n) is 1.54. The van der Waals surface area contributed by atoms with Crippen LogP contribution >= 0.6 is 0 Å². The van der Waals surface area contributed by atoms with Crippen LogP contribution in [-0.4, -0.2) is 25.9 Å². The lowest BCUT2D eigenvalue weighted by Crippen LogP contribution is -2.11. The third-order valence-electron chi connectivity index (χ3n) is 2.20. The molecular weight excluding hydrogens is 210 g/mol. The van der Waals surface area contributed by atoms with Crippen molar-refractivity contribution in [1.29, 1.82) is 0 Å². The van der Waals surface area contributed by atoms with E-state index in [1.165, 1.54) is 12.1 Å². The Labute approximate surface area is 91.3 Å². The minimum Gasteiger partial charge on any atom is -0.391 e. The largest absolute Gasteiger partial charge is 0.391 e. The Bertz CT molecular complexity index is 533. The monoisotopic (exact) mass is 221 g/mol. The molecule has 0 saturated carbocycles. The number of fused-ring (bicyclic) bond motifs is 1. The van der Waals surface area contributed by atoms with Crippen LogP contribution in [0.3, 0.4) is 0 Å². The fraction of sp³-hybridized carbons (Fsp3) is 0.300. The molecule has 0 bridgehead atoms. The molecule has 0 aliphatic heterocycles. The Kier molecular flexibility index (Phi) is 2.57. The quantitative estimate of drug-likeness (QED) is 0.626. The van der Waals surface area contributed by atoms with Crippen molar-refractivity contribution in [3.8, 4) is 0 Å². The molecule has 1 aromatic carbocycles. The average molecular weight is 221 g/mol. The summed E-state index contributed by atoms with van der Waals surface area (Å²) in [6.07, 6.45) is 1.19. The highest BCUT2D eigenvalue weighted by Gasteiger charge is 2.09. The third kappa shape index (κ3) is 2.01. The molecule has 1 heterocycles. The number of nitrogens with zero attached hydrogens (tertiary/aromatic N) is 3. The SMILES string of the molecule is C[C@H](O)Cn1cc2cc([N+](=O)[O-])ccc2n1. The van der Waals surface area contributed by atoms with Crippen molar-refractivity contribution in [2.45, 2.75) is 19.6 Å². The van der Waals surface area contributed by atoms with E-state index in [0.717, 1.165) is 0 Å². The molecular formula is C10H11N3O3. The number of nitro benzene ring substituents is 1. The molecule has 6 heteroatoms. The summed E-state index contributed by atoms with van der Waals surface area (Å²) in [5.74, 6) is 0. The van der Waals surface area contributed by atoms with Gasteiger partial charge in [0.2, 0.25) is 0 Å². The minimum absolute atomic E-state index is 0.0455. The van der Waals surface area contributed by atoms with Gasteiger partial charge >= 0.3 is 0 Å². The highest BCUT2D eigenvalue weighted by atomic mass is 16.6. The molecule has 84 valence electrons. The number of hydrogen-bond acceptors (Lipinski definition) is 4. The summed E-state index contributed by atoms with van der Waals surface area (Å²) in [7, 11) is 0. The lowest BCUT2D eigenvalue weighted by atomic mass is 10.2. The average Bonchev–Trinajstić information content (AvgIpc) is 2.56. The lowest BCUT2D eigenvalue weighted by Gasteiger charge is -2.02. The first-order valence-corrected chi connectivity index (χ1v) is 4.86. The van der Waals surface area contributed by atoms with Gasteiger partial charge in [-0.2, -0.15) is 5.10 Å². The van der Waals surface area contributed by atoms with E-state index in [0.29, 0.717) is 17.4 Å². The Hall–Kier alpha value is -1.95. The van der Waals surface area contributed by atoms with Crippen LogP contribution in [0.4, 0.5) is 5.69 Å². The van der Waals surface area contributed by atoms with Crippen molar-refractivity contribution in [1.82, 2.24) is 9.78 Å². The molecule has 16 heavy (non-hydrogen) atoms. The summed E-state index contributed by atoms with van der Waals surface area (Å²) >= 11 is 0. The Balaban J connectivity index is 2.42. The third-order valence-corrected chi connectivity index (χ3v) is 2.20. The molecule has 0 spiro atoms. The molecule has 1 N–H and O–H groups in total. The summed E-state index contributed by atoms with van der Waals surface area (Å²) in [5.41, 5.74) is 0.732. The second kappa shape index (κ2) is 3.90. The van der Waals surface area contributed by atoms with Gasteiger partial charge in [0, 0.05) is 23.7 Å². The second-order valence-electron chi connectivity index (χ2n) is 3.70. The molecule has 2 aromatic rings. The van der Waals surface area contributed by atoms with Crippen LogP contribution in [0, 0.1) is 10.1 Å². The van der Waals surface area contributed by atoms with Crippen LogP contribution in [-0.2, 0) is 6.54 Å². The van der Waals surface area contributed by atoms with Gasteiger partial charge in [0.05, 0.1) is 23.1 Å². The predicted molar refractivity (Wildman–Crippen MR) is 58.1 cm³/mol. The molecule has 0 amide bonds. The topological polar surface area (TPSA) is 81.2 Å². The molecule has 0 aliphatic carbocycles. The van der Waals surface area contributed by atoms with Gasteiger partial charge < -0.3 is 5.11 Å². The van der Waals surface area contributed by atoms with Crippen LogP contribution in [0.25, 0.3) is 10.9 Å². The molecule has 1 aromatic heterocycles. The first kappa shape index (κ1) is 10.6. The molecule has 6 nitrogen and oxygen atoms in total. The van der Waals surface area contributed by atoms with E-state index in [-0.39, 0.29) is 5.69 Å². The van der Waals surface area contributed by atoms with Gasteiger partial charge in [-0.1, -0.05) is 0 Å². The first-order valence-electron chi connectivity index (χ1n) is 4.86. The van der Waals surface area contributed by atoms with Crippen molar-refractivity contribution in [3.63, 3.8) is 0 Å². The highest BCUT2D eigenvalue weighted by Crippen LogP contribution is 2.19. The van der Waals surface area contributed by atoms with E-state index >= 15 is 0 Å². The van der Waals surface area contributed by atoms with Crippen LogP contribution in [0.15, 0.2) is 24.4 Å². The number of aliphatic hydroxyl groups is 1. The lowest BCUT2D eigenvalue weighted by molar-refractivity contribution is -0.384. The van der Waals surface area contributed by atoms with Crippen molar-refractivity contribution in [2.75, 3.05) is 0 Å². The van der Waals surface area contributed by atoms with Crippen LogP contribution in [0.1, 0.15) is 6.92 Å². The van der Waals surface area contributed by atoms with Crippen LogP contribution in [0.2, 0.25) is 0 Å². The minimum atomic E-state index is -0.496. The van der Waals surface area contributed by atoms with Crippen molar-refractivity contribution in [2.24, 2.45) is 0 Å². The van der Waals surface area contributed by atoms with E-state index in [1.54, 1.807) is 23.9 Å². The zero-order chi connectivity index (χ0) is 11.7. The predicted octanol–water partition coefficient (Wildman–Crippen LogP) is 1.33. The first-order chi connectivity index (χ1) is 7.56. The van der Waals surface area contributed by atoms with Crippen molar-refractivity contribution in [3.05, 3.63) is 34.5 Å². The number of nitro groups is 1. The number of hydrogen-bond donors (Lipinski definition) is 1. The fourth-order valence-corrected chi connectivity index (χ4v) is 1.54. The van der Waals surface area contributed by atoms with Crippen molar-refractivity contribution >= 4 is 16.6 Å². The number of non-ortho nitro benzene ring substituents is 1. The highest BCUT2D eigenvalue weighted by molar-refractivity contribution is 5.80. The van der Waals surface area contributed by atoms with Crippen LogP contribution in [0.5, 0.6) is 0 Å². The van der Waals surface area contributed by atoms with Gasteiger partial charge in [0.1, 0.15) is 0 Å². The van der Waals surface area contributed by atoms with Gasteiger partial charge in [-0.05, 0) is 13.0 Å². The molecule has 0 saturated heterocycles. The van der Waals surface area contributed by atoms with Gasteiger partial charge in [-0.25, -0.2) is 0 Å². The Morgan fingerprint density at radius 2 is 2.38 bits per heavy atom. The Morgan fingerprint density at radius 3 is 3.00 bits per heavy atom.